The Morgan fingerprint density at radius 1 is 0.840 bits per heavy atom. The monoisotopic (exact) mass is 682 g/mol. The van der Waals surface area contributed by atoms with Crippen molar-refractivity contribution in [3.63, 3.8) is 0 Å². The molecule has 6 rings (SSSR count). The summed E-state index contributed by atoms with van der Waals surface area (Å²) in [5, 5.41) is 16.4. The second kappa shape index (κ2) is 15.4. The maximum Gasteiger partial charge on any atom is 0.326 e. The van der Waals surface area contributed by atoms with Crippen molar-refractivity contribution in [2.45, 2.75) is 75.2 Å². The molecule has 0 bridgehead atoms. The normalized spacial score (nSPS) is 19.2. The molecule has 14 heteroatoms. The molecule has 2 aliphatic heterocycles. The van der Waals surface area contributed by atoms with Gasteiger partial charge in [0.2, 0.25) is 23.6 Å². The lowest BCUT2D eigenvalue weighted by Gasteiger charge is -2.30. The number of rotatable bonds is 13. The molecule has 5 atom stereocenters. The molecule has 2 aromatic carbocycles. The van der Waals surface area contributed by atoms with Gasteiger partial charge in [-0.25, -0.2) is 9.78 Å². The van der Waals surface area contributed by atoms with Crippen LogP contribution in [0.4, 0.5) is 0 Å². The second-order valence-electron chi connectivity index (χ2n) is 13.0. The van der Waals surface area contributed by atoms with Crippen LogP contribution >= 0.6 is 0 Å². The average Bonchev–Trinajstić information content (AvgIpc) is 3.95. The van der Waals surface area contributed by atoms with Gasteiger partial charge in [0.15, 0.2) is 0 Å². The fraction of sp³-hybridized carbons (Fsp3) is 0.389. The number of nitrogens with one attached hydrogen (secondary N) is 4. The molecule has 2 aliphatic rings. The number of H-pyrrole nitrogens is 2. The van der Waals surface area contributed by atoms with Gasteiger partial charge in [-0.1, -0.05) is 48.5 Å². The molecule has 2 saturated heterocycles. The highest BCUT2D eigenvalue weighted by Crippen LogP contribution is 2.24. The minimum Gasteiger partial charge on any atom is -0.480 e. The van der Waals surface area contributed by atoms with E-state index in [0.29, 0.717) is 44.3 Å². The molecule has 4 heterocycles. The van der Waals surface area contributed by atoms with Crippen LogP contribution in [0, 0.1) is 0 Å². The van der Waals surface area contributed by atoms with Crippen LogP contribution in [-0.4, -0.2) is 103 Å². The molecule has 262 valence electrons. The first-order chi connectivity index (χ1) is 24.2. The van der Waals surface area contributed by atoms with Crippen molar-refractivity contribution in [1.82, 2.24) is 35.4 Å². The maximum atomic E-state index is 14.1. The molecule has 50 heavy (non-hydrogen) atoms. The Morgan fingerprint density at radius 3 is 2.26 bits per heavy atom. The number of benzene rings is 2. The number of fused-ring (bicyclic) bond motifs is 1. The number of imidazole rings is 1. The largest absolute Gasteiger partial charge is 0.480 e. The Hall–Kier alpha value is -5.50. The van der Waals surface area contributed by atoms with E-state index in [-0.39, 0.29) is 25.3 Å². The highest BCUT2D eigenvalue weighted by molar-refractivity contribution is 5.96. The zero-order valence-corrected chi connectivity index (χ0v) is 27.6. The third kappa shape index (κ3) is 7.70. The smallest absolute Gasteiger partial charge is 0.326 e. The van der Waals surface area contributed by atoms with E-state index in [1.165, 1.54) is 16.1 Å². The Balaban J connectivity index is 1.21. The van der Waals surface area contributed by atoms with Crippen LogP contribution in [0.2, 0.25) is 0 Å². The number of carbonyl (C=O) groups excluding carboxylic acids is 4. The van der Waals surface area contributed by atoms with Gasteiger partial charge in [-0.15, -0.1) is 0 Å². The number of carbonyl (C=O) groups is 5. The van der Waals surface area contributed by atoms with Gasteiger partial charge in [-0.2, -0.15) is 0 Å². The van der Waals surface area contributed by atoms with E-state index in [0.717, 1.165) is 22.0 Å². The first-order valence-corrected chi connectivity index (χ1v) is 17.0. The predicted molar refractivity (Wildman–Crippen MR) is 183 cm³/mol. The quantitative estimate of drug-likeness (QED) is 0.121. The lowest BCUT2D eigenvalue weighted by Crippen LogP contribution is -2.59. The molecular formula is C36H42N8O6. The molecule has 0 unspecified atom stereocenters. The van der Waals surface area contributed by atoms with Gasteiger partial charge in [-0.05, 0) is 49.3 Å². The van der Waals surface area contributed by atoms with E-state index in [2.05, 4.69) is 25.6 Å². The Bertz CT molecular complexity index is 1830. The zero-order valence-electron chi connectivity index (χ0n) is 27.6. The number of nitrogens with zero attached hydrogens (tertiary/aromatic N) is 3. The van der Waals surface area contributed by atoms with Crippen LogP contribution in [0.3, 0.4) is 0 Å². The number of hydrogen-bond donors (Lipinski definition) is 6. The number of aromatic nitrogens is 3. The summed E-state index contributed by atoms with van der Waals surface area (Å²) >= 11 is 0. The Labute approximate surface area is 288 Å². The van der Waals surface area contributed by atoms with E-state index in [9.17, 15) is 29.1 Å². The van der Waals surface area contributed by atoms with Crippen molar-refractivity contribution in [1.29, 1.82) is 0 Å². The molecule has 2 aromatic heterocycles. The fourth-order valence-electron chi connectivity index (χ4n) is 7.04. The Morgan fingerprint density at radius 2 is 1.54 bits per heavy atom. The van der Waals surface area contributed by atoms with E-state index >= 15 is 0 Å². The summed E-state index contributed by atoms with van der Waals surface area (Å²) in [5.41, 5.74) is 9.34. The van der Waals surface area contributed by atoms with E-state index < -0.39 is 53.9 Å². The highest BCUT2D eigenvalue weighted by Gasteiger charge is 2.40. The number of carboxylic acid groups (broad SMARTS) is 1. The van der Waals surface area contributed by atoms with Crippen LogP contribution in [-0.2, 0) is 43.2 Å². The number of carboxylic acids is 1. The van der Waals surface area contributed by atoms with E-state index in [1.807, 2.05) is 54.6 Å². The first-order valence-electron chi connectivity index (χ1n) is 17.0. The van der Waals surface area contributed by atoms with E-state index in [1.54, 1.807) is 12.4 Å². The van der Waals surface area contributed by atoms with Crippen LogP contribution in [0.25, 0.3) is 10.9 Å². The third-order valence-corrected chi connectivity index (χ3v) is 9.59. The number of nitrogens with two attached hydrogens (primary N) is 1. The molecule has 14 nitrogen and oxygen atoms in total. The van der Waals surface area contributed by atoms with Gasteiger partial charge in [0, 0.05) is 49.2 Å². The molecule has 0 aliphatic carbocycles. The minimum atomic E-state index is -1.16. The van der Waals surface area contributed by atoms with Gasteiger partial charge in [0.1, 0.15) is 24.2 Å². The summed E-state index contributed by atoms with van der Waals surface area (Å²) in [6, 6.07) is 12.0. The molecule has 2 fully saturated rings. The van der Waals surface area contributed by atoms with Crippen molar-refractivity contribution in [3.8, 4) is 0 Å². The van der Waals surface area contributed by atoms with Gasteiger partial charge >= 0.3 is 5.97 Å². The molecule has 0 saturated carbocycles. The van der Waals surface area contributed by atoms with Crippen molar-refractivity contribution in [3.05, 3.63) is 90.1 Å². The SMILES string of the molecule is N[C@@H](Cc1ccccc1)C(=O)N1CCC[C@H]1C(=O)N[C@@H](Cc1c[nH]cn1)C(=O)N[C@@H](Cc1c[nH]c2ccccc12)C(=O)N1CCC[C@H]1C(=O)O. The maximum absolute atomic E-state index is 14.1. The third-order valence-electron chi connectivity index (χ3n) is 9.59. The van der Waals surface area contributed by atoms with Gasteiger partial charge in [-0.3, -0.25) is 19.2 Å². The zero-order chi connectivity index (χ0) is 35.2. The van der Waals surface area contributed by atoms with Crippen LogP contribution in [0.1, 0.15) is 42.5 Å². The molecule has 0 spiro atoms. The number of aromatic amines is 2. The predicted octanol–water partition coefficient (Wildman–Crippen LogP) is 1.28. The van der Waals surface area contributed by atoms with Gasteiger partial charge in [0.25, 0.3) is 0 Å². The number of hydrogen-bond acceptors (Lipinski definition) is 7. The lowest BCUT2D eigenvalue weighted by atomic mass is 10.0. The van der Waals surface area contributed by atoms with Crippen molar-refractivity contribution in [2.75, 3.05) is 13.1 Å². The molecule has 7 N–H and O–H groups in total. The molecule has 0 radical (unpaired) electrons. The summed E-state index contributed by atoms with van der Waals surface area (Å²) in [5.74, 6) is -3.11. The lowest BCUT2D eigenvalue weighted by molar-refractivity contribution is -0.149. The Kier molecular flexibility index (Phi) is 10.6. The number of aliphatic carboxylic acids is 1. The molecule has 4 aromatic rings. The summed E-state index contributed by atoms with van der Waals surface area (Å²) < 4.78 is 0. The average molecular weight is 683 g/mol. The fourth-order valence-corrected chi connectivity index (χ4v) is 7.04. The second-order valence-corrected chi connectivity index (χ2v) is 13.0. The summed E-state index contributed by atoms with van der Waals surface area (Å²) in [6.07, 6.45) is 7.09. The first kappa shape index (κ1) is 34.4. The van der Waals surface area contributed by atoms with Crippen LogP contribution < -0.4 is 16.4 Å². The van der Waals surface area contributed by atoms with Crippen molar-refractivity contribution >= 4 is 40.5 Å². The topological polar surface area (TPSA) is 207 Å². The summed E-state index contributed by atoms with van der Waals surface area (Å²) in [4.78, 5) is 80.5. The highest BCUT2D eigenvalue weighted by atomic mass is 16.4. The van der Waals surface area contributed by atoms with Gasteiger partial charge in [0.05, 0.1) is 18.1 Å². The number of amides is 4. The molecule has 4 amide bonds. The minimum absolute atomic E-state index is 0.00468. The van der Waals surface area contributed by atoms with E-state index in [4.69, 9.17) is 5.73 Å². The standard InChI is InChI=1S/C36H42N8O6/c37-26(16-22-8-2-1-3-9-22)34(47)43-14-6-12-30(43)33(46)41-28(18-24-20-38-21-40-24)32(45)42-29(35(48)44-15-7-13-31(44)36(49)50)17-23-19-39-27-11-5-4-10-25(23)27/h1-5,8-11,19-21,26,28-31,39H,6-7,12-18,37H2,(H,38,40)(H,41,46)(H,42,45)(H,49,50)/t26-,28-,29-,30-,31-/m0/s1. The van der Waals surface area contributed by atoms with Crippen LogP contribution in [0.5, 0.6) is 0 Å². The molecular weight excluding hydrogens is 640 g/mol. The van der Waals surface area contributed by atoms with Crippen molar-refractivity contribution < 1.29 is 29.1 Å². The number of likely N-dealkylation sites (tertiary alicyclic amines) is 2. The van der Waals surface area contributed by atoms with Crippen LogP contribution in [0.15, 0.2) is 73.3 Å². The summed E-state index contributed by atoms with van der Waals surface area (Å²) in [7, 11) is 0. The summed E-state index contributed by atoms with van der Waals surface area (Å²) in [6.45, 7) is 0.610. The van der Waals surface area contributed by atoms with Crippen molar-refractivity contribution in [2.24, 2.45) is 5.73 Å². The number of para-hydroxylation sites is 1. The van der Waals surface area contributed by atoms with Gasteiger partial charge < -0.3 is 41.2 Å².